The normalized spacial score (nSPS) is 21.5. The van der Waals surface area contributed by atoms with Gasteiger partial charge in [-0.2, -0.15) is 0 Å². The largest absolute Gasteiger partial charge is 0.467 e. The van der Waals surface area contributed by atoms with Crippen LogP contribution in [0.25, 0.3) is 0 Å². The second kappa shape index (κ2) is 11.3. The zero-order chi connectivity index (χ0) is 19.5. The van der Waals surface area contributed by atoms with Crippen LogP contribution >= 0.6 is 0 Å². The zero-order valence-electron chi connectivity index (χ0n) is 16.1. The summed E-state index contributed by atoms with van der Waals surface area (Å²) in [6, 6.07) is -1.08. The first-order chi connectivity index (χ1) is 13.1. The van der Waals surface area contributed by atoms with Crippen LogP contribution in [0.15, 0.2) is 40.9 Å². The number of rotatable bonds is 8. The molecule has 0 saturated heterocycles. The minimum atomic E-state index is -0.689. The highest BCUT2D eigenvalue weighted by molar-refractivity contribution is 5.95. The Morgan fingerprint density at radius 2 is 2.19 bits per heavy atom. The van der Waals surface area contributed by atoms with Crippen molar-refractivity contribution in [2.24, 2.45) is 4.99 Å². The maximum absolute atomic E-state index is 12.1. The lowest BCUT2D eigenvalue weighted by molar-refractivity contribution is -0.142. The molecule has 2 unspecified atom stereocenters. The molecule has 0 aliphatic heterocycles. The number of carbonyl (C=O) groups is 2. The van der Waals surface area contributed by atoms with Crippen molar-refractivity contribution in [3.63, 3.8) is 0 Å². The van der Waals surface area contributed by atoms with E-state index in [1.165, 1.54) is 7.11 Å². The van der Waals surface area contributed by atoms with Gasteiger partial charge in [-0.25, -0.2) is 9.59 Å². The van der Waals surface area contributed by atoms with Crippen molar-refractivity contribution in [2.45, 2.75) is 44.2 Å². The molecule has 2 N–H and O–H groups in total. The van der Waals surface area contributed by atoms with Gasteiger partial charge in [-0.05, 0) is 38.2 Å². The third-order valence-corrected chi connectivity index (χ3v) is 4.56. The third kappa shape index (κ3) is 7.38. The number of methoxy groups -OCH3 is 2. The van der Waals surface area contributed by atoms with Crippen molar-refractivity contribution in [3.05, 3.63) is 36.0 Å². The van der Waals surface area contributed by atoms with Gasteiger partial charge in [0, 0.05) is 19.4 Å². The number of esters is 1. The summed E-state index contributed by atoms with van der Waals surface area (Å²) in [6.45, 7) is 0.889. The lowest BCUT2D eigenvalue weighted by atomic mass is 9.98. The van der Waals surface area contributed by atoms with E-state index >= 15 is 0 Å². The standard InChI is InChI=1S/C20H29N3O4/c1-26-17-10-8-16(9-11-17)21-12-13-22-20(25)23-18(19(24)27-2)14-15-6-4-3-5-7-15/h3-4,6,8,10,17-18H,5,7,9,11-14H2,1-2H3,(H2,22,23,25). The number of hydrogen-bond donors (Lipinski definition) is 2. The molecule has 0 fully saturated rings. The molecule has 0 bridgehead atoms. The van der Waals surface area contributed by atoms with Crippen molar-refractivity contribution in [3.8, 4) is 0 Å². The molecule has 7 nitrogen and oxygen atoms in total. The van der Waals surface area contributed by atoms with E-state index in [1.807, 2.05) is 24.3 Å². The third-order valence-electron chi connectivity index (χ3n) is 4.56. The Morgan fingerprint density at radius 1 is 1.33 bits per heavy atom. The number of nitrogens with one attached hydrogen (secondary N) is 2. The molecule has 0 aromatic carbocycles. The van der Waals surface area contributed by atoms with E-state index < -0.39 is 18.0 Å². The van der Waals surface area contributed by atoms with Gasteiger partial charge in [-0.15, -0.1) is 0 Å². The van der Waals surface area contributed by atoms with E-state index in [2.05, 4.69) is 21.7 Å². The van der Waals surface area contributed by atoms with Gasteiger partial charge in [0.25, 0.3) is 0 Å². The van der Waals surface area contributed by atoms with Gasteiger partial charge < -0.3 is 20.1 Å². The molecule has 2 amide bonds. The highest BCUT2D eigenvalue weighted by atomic mass is 16.5. The first-order valence-electron chi connectivity index (χ1n) is 9.33. The molecule has 2 aliphatic carbocycles. The van der Waals surface area contributed by atoms with Crippen LogP contribution in [0, 0.1) is 0 Å². The first-order valence-corrected chi connectivity index (χ1v) is 9.33. The lowest BCUT2D eigenvalue weighted by Gasteiger charge is -2.19. The molecule has 7 heteroatoms. The molecular weight excluding hydrogens is 346 g/mol. The van der Waals surface area contributed by atoms with Gasteiger partial charge in [0.05, 0.1) is 19.8 Å². The van der Waals surface area contributed by atoms with Gasteiger partial charge in [0.2, 0.25) is 0 Å². The maximum atomic E-state index is 12.1. The quantitative estimate of drug-likeness (QED) is 0.503. The number of ether oxygens (including phenoxy) is 2. The minimum absolute atomic E-state index is 0.165. The van der Waals surface area contributed by atoms with Crippen molar-refractivity contribution in [1.82, 2.24) is 10.6 Å². The average Bonchev–Trinajstić information content (AvgIpc) is 2.71. The highest BCUT2D eigenvalue weighted by Crippen LogP contribution is 2.17. The van der Waals surface area contributed by atoms with Crippen molar-refractivity contribution in [2.75, 3.05) is 27.3 Å². The number of urea groups is 1. The topological polar surface area (TPSA) is 89.0 Å². The Morgan fingerprint density at radius 3 is 2.81 bits per heavy atom. The predicted octanol–water partition coefficient (Wildman–Crippen LogP) is 2.30. The van der Waals surface area contributed by atoms with E-state index in [4.69, 9.17) is 9.47 Å². The van der Waals surface area contributed by atoms with Crippen LogP contribution in [0.1, 0.15) is 32.1 Å². The van der Waals surface area contributed by atoms with Crippen LogP contribution in [0.2, 0.25) is 0 Å². The van der Waals surface area contributed by atoms with Gasteiger partial charge in [0.15, 0.2) is 0 Å². The summed E-state index contributed by atoms with van der Waals surface area (Å²) in [4.78, 5) is 28.5. The van der Waals surface area contributed by atoms with Crippen molar-refractivity contribution >= 4 is 17.7 Å². The molecule has 0 aromatic rings. The fourth-order valence-corrected chi connectivity index (χ4v) is 3.01. The fourth-order valence-electron chi connectivity index (χ4n) is 3.01. The van der Waals surface area contributed by atoms with Crippen LogP contribution in [-0.4, -0.2) is 57.2 Å². The number of carbonyl (C=O) groups excluding carboxylic acids is 2. The molecule has 2 atom stereocenters. The Bertz CT molecular complexity index is 637. The van der Waals surface area contributed by atoms with Gasteiger partial charge >= 0.3 is 12.0 Å². The van der Waals surface area contributed by atoms with Crippen LogP contribution in [0.3, 0.4) is 0 Å². The predicted molar refractivity (Wildman–Crippen MR) is 105 cm³/mol. The molecule has 0 spiro atoms. The second-order valence-electron chi connectivity index (χ2n) is 6.52. The number of aliphatic imine (C=N–C) groups is 1. The minimum Gasteiger partial charge on any atom is -0.467 e. The highest BCUT2D eigenvalue weighted by Gasteiger charge is 2.22. The monoisotopic (exact) mass is 375 g/mol. The summed E-state index contributed by atoms with van der Waals surface area (Å²) in [5.74, 6) is -0.444. The van der Waals surface area contributed by atoms with Crippen molar-refractivity contribution in [1.29, 1.82) is 0 Å². The van der Waals surface area contributed by atoms with Gasteiger partial charge in [0.1, 0.15) is 6.04 Å². The van der Waals surface area contributed by atoms with E-state index in [0.717, 1.165) is 37.0 Å². The van der Waals surface area contributed by atoms with E-state index in [1.54, 1.807) is 7.11 Å². The summed E-state index contributed by atoms with van der Waals surface area (Å²) < 4.78 is 10.1. The van der Waals surface area contributed by atoms with Crippen LogP contribution in [0.5, 0.6) is 0 Å². The molecular formula is C20H29N3O4. The number of amides is 2. The molecule has 0 radical (unpaired) electrons. The average molecular weight is 375 g/mol. The maximum Gasteiger partial charge on any atom is 0.328 e. The molecule has 2 aliphatic rings. The number of nitrogens with zero attached hydrogens (tertiary/aromatic N) is 1. The van der Waals surface area contributed by atoms with Crippen LogP contribution in [0.4, 0.5) is 4.79 Å². The summed E-state index contributed by atoms with van der Waals surface area (Å²) in [6.07, 6.45) is 14.3. The molecule has 2 rings (SSSR count). The summed E-state index contributed by atoms with van der Waals surface area (Å²) >= 11 is 0. The molecule has 0 heterocycles. The fraction of sp³-hybridized carbons (Fsp3) is 0.550. The van der Waals surface area contributed by atoms with E-state index in [-0.39, 0.29) is 6.10 Å². The Labute approximate surface area is 160 Å². The summed E-state index contributed by atoms with van der Waals surface area (Å²) in [5.41, 5.74) is 2.13. The number of hydrogen-bond acceptors (Lipinski definition) is 5. The summed E-state index contributed by atoms with van der Waals surface area (Å²) in [5, 5.41) is 5.44. The SMILES string of the molecule is COC(=O)C(CC1=CC=CCC1)NC(=O)NCCN=C1C=CC(OC)CC1. The second-order valence-corrected chi connectivity index (χ2v) is 6.52. The van der Waals surface area contributed by atoms with Gasteiger partial charge in [-0.3, -0.25) is 4.99 Å². The Balaban J connectivity index is 1.75. The Hall–Kier alpha value is -2.41. The molecule has 148 valence electrons. The van der Waals surface area contributed by atoms with E-state index in [0.29, 0.717) is 19.5 Å². The lowest BCUT2D eigenvalue weighted by Crippen LogP contribution is -2.47. The first kappa shape index (κ1) is 20.9. The Kier molecular flexibility index (Phi) is 8.77. The van der Waals surface area contributed by atoms with Crippen LogP contribution in [-0.2, 0) is 14.3 Å². The smallest absolute Gasteiger partial charge is 0.328 e. The van der Waals surface area contributed by atoms with Gasteiger partial charge in [-0.1, -0.05) is 29.9 Å². The van der Waals surface area contributed by atoms with E-state index in [9.17, 15) is 9.59 Å². The molecule has 27 heavy (non-hydrogen) atoms. The van der Waals surface area contributed by atoms with Crippen molar-refractivity contribution < 1.29 is 19.1 Å². The number of allylic oxidation sites excluding steroid dienone is 4. The van der Waals surface area contributed by atoms with Crippen LogP contribution < -0.4 is 10.6 Å². The summed E-state index contributed by atoms with van der Waals surface area (Å²) in [7, 11) is 3.02. The zero-order valence-corrected chi connectivity index (χ0v) is 16.1. The molecule has 0 saturated carbocycles. The molecule has 0 aromatic heterocycles.